The van der Waals surface area contributed by atoms with Crippen LogP contribution in [0.5, 0.6) is 0 Å². The third-order valence-electron chi connectivity index (χ3n) is 3.34. The number of hydrogen-bond donors (Lipinski definition) is 2. The number of aryl methyl sites for hydroxylation is 1. The molecule has 0 saturated heterocycles. The Labute approximate surface area is 177 Å². The average molecular weight is 541 g/mol. The number of halogens is 3. The SMILES string of the molecule is CCNC(=NCc1cc(F)ccc1Br)NCCc1ncc(CC)s1.I. The third-order valence-corrected chi connectivity index (χ3v) is 5.32. The Morgan fingerprint density at radius 2 is 2.12 bits per heavy atom. The summed E-state index contributed by atoms with van der Waals surface area (Å²) in [5.41, 5.74) is 0.819. The van der Waals surface area contributed by atoms with Gasteiger partial charge in [0.15, 0.2) is 5.96 Å². The van der Waals surface area contributed by atoms with Gasteiger partial charge >= 0.3 is 0 Å². The minimum absolute atomic E-state index is 0. The number of rotatable bonds is 7. The van der Waals surface area contributed by atoms with E-state index in [-0.39, 0.29) is 29.8 Å². The number of benzene rings is 1. The molecule has 1 aromatic heterocycles. The van der Waals surface area contributed by atoms with Gasteiger partial charge in [0.25, 0.3) is 0 Å². The standard InChI is InChI=1S/C17H22BrFN4S.HI/c1-3-14-11-22-16(24-14)7-8-21-17(20-4-2)23-10-12-9-13(19)5-6-15(12)18;/h5-6,9,11H,3-4,7-8,10H2,1-2H3,(H2,20,21,23);1H. The van der Waals surface area contributed by atoms with Crippen LogP contribution in [-0.2, 0) is 19.4 Å². The molecule has 0 saturated carbocycles. The highest BCUT2D eigenvalue weighted by atomic mass is 127. The molecule has 25 heavy (non-hydrogen) atoms. The van der Waals surface area contributed by atoms with Gasteiger partial charge in [-0.05, 0) is 37.1 Å². The van der Waals surface area contributed by atoms with Gasteiger partial charge in [-0.25, -0.2) is 14.4 Å². The molecule has 0 unspecified atom stereocenters. The van der Waals surface area contributed by atoms with Crippen LogP contribution in [-0.4, -0.2) is 24.0 Å². The number of thiazole rings is 1. The van der Waals surface area contributed by atoms with Crippen LogP contribution in [0.2, 0.25) is 0 Å². The molecule has 0 fully saturated rings. The molecule has 0 aliphatic heterocycles. The Morgan fingerprint density at radius 1 is 1.32 bits per heavy atom. The molecule has 2 N–H and O–H groups in total. The smallest absolute Gasteiger partial charge is 0.191 e. The first-order valence-electron chi connectivity index (χ1n) is 8.02. The average Bonchev–Trinajstić information content (AvgIpc) is 3.03. The lowest BCUT2D eigenvalue weighted by Crippen LogP contribution is -2.38. The summed E-state index contributed by atoms with van der Waals surface area (Å²) in [4.78, 5) is 10.2. The summed E-state index contributed by atoms with van der Waals surface area (Å²) in [6, 6.07) is 4.63. The molecule has 0 radical (unpaired) electrons. The summed E-state index contributed by atoms with van der Waals surface area (Å²) in [5, 5.41) is 7.63. The molecule has 0 bridgehead atoms. The number of nitrogens with zero attached hydrogens (tertiary/aromatic N) is 2. The Kier molecular flexibility index (Phi) is 10.5. The molecule has 1 aromatic carbocycles. The summed E-state index contributed by atoms with van der Waals surface area (Å²) in [6.45, 7) is 6.09. The summed E-state index contributed by atoms with van der Waals surface area (Å²) in [6.07, 6.45) is 3.83. The van der Waals surface area contributed by atoms with Gasteiger partial charge in [-0.15, -0.1) is 35.3 Å². The molecule has 0 amide bonds. The van der Waals surface area contributed by atoms with Crippen molar-refractivity contribution in [1.82, 2.24) is 15.6 Å². The van der Waals surface area contributed by atoms with Gasteiger partial charge in [-0.1, -0.05) is 22.9 Å². The molecule has 0 aliphatic carbocycles. The van der Waals surface area contributed by atoms with E-state index in [1.165, 1.54) is 17.0 Å². The number of aliphatic imine (C=N–C) groups is 1. The maximum Gasteiger partial charge on any atom is 0.191 e. The van der Waals surface area contributed by atoms with Crippen LogP contribution in [0.15, 0.2) is 33.9 Å². The second kappa shape index (κ2) is 11.8. The molecule has 0 aliphatic rings. The highest BCUT2D eigenvalue weighted by Gasteiger charge is 2.04. The molecule has 8 heteroatoms. The topological polar surface area (TPSA) is 49.3 Å². The van der Waals surface area contributed by atoms with Crippen molar-refractivity contribution in [3.8, 4) is 0 Å². The first-order valence-corrected chi connectivity index (χ1v) is 9.63. The fourth-order valence-electron chi connectivity index (χ4n) is 2.09. The lowest BCUT2D eigenvalue weighted by atomic mass is 10.2. The van der Waals surface area contributed by atoms with Crippen LogP contribution >= 0.6 is 51.2 Å². The van der Waals surface area contributed by atoms with Crippen molar-refractivity contribution in [3.05, 3.63) is 50.1 Å². The number of guanidine groups is 1. The van der Waals surface area contributed by atoms with E-state index in [9.17, 15) is 4.39 Å². The van der Waals surface area contributed by atoms with Gasteiger partial charge in [0.05, 0.1) is 11.6 Å². The van der Waals surface area contributed by atoms with Crippen LogP contribution in [0.3, 0.4) is 0 Å². The maximum atomic E-state index is 13.3. The van der Waals surface area contributed by atoms with E-state index >= 15 is 0 Å². The van der Waals surface area contributed by atoms with Crippen molar-refractivity contribution in [2.24, 2.45) is 4.99 Å². The summed E-state index contributed by atoms with van der Waals surface area (Å²) < 4.78 is 14.2. The fraction of sp³-hybridized carbons (Fsp3) is 0.412. The zero-order valence-corrected chi connectivity index (χ0v) is 19.0. The zero-order valence-electron chi connectivity index (χ0n) is 14.3. The van der Waals surface area contributed by atoms with E-state index in [4.69, 9.17) is 0 Å². The van der Waals surface area contributed by atoms with Gasteiger partial charge in [0.1, 0.15) is 5.82 Å². The highest BCUT2D eigenvalue weighted by molar-refractivity contribution is 14.0. The maximum absolute atomic E-state index is 13.3. The van der Waals surface area contributed by atoms with Crippen LogP contribution in [0, 0.1) is 5.82 Å². The Balaban J connectivity index is 0.00000312. The lowest BCUT2D eigenvalue weighted by molar-refractivity contribution is 0.625. The highest BCUT2D eigenvalue weighted by Crippen LogP contribution is 2.18. The first-order chi connectivity index (χ1) is 11.6. The summed E-state index contributed by atoms with van der Waals surface area (Å²) >= 11 is 5.18. The number of nitrogens with one attached hydrogen (secondary N) is 2. The Hall–Kier alpha value is -0.740. The fourth-order valence-corrected chi connectivity index (χ4v) is 3.32. The van der Waals surface area contributed by atoms with Crippen molar-refractivity contribution in [2.45, 2.75) is 33.2 Å². The molecule has 4 nitrogen and oxygen atoms in total. The predicted molar refractivity (Wildman–Crippen MR) is 118 cm³/mol. The second-order valence-corrected chi connectivity index (χ2v) is 7.24. The molecule has 0 atom stereocenters. The van der Waals surface area contributed by atoms with E-state index in [2.05, 4.69) is 43.5 Å². The zero-order chi connectivity index (χ0) is 17.4. The molecular weight excluding hydrogens is 518 g/mol. The quantitative estimate of drug-likeness (QED) is 0.308. The molecule has 2 rings (SSSR count). The normalized spacial score (nSPS) is 11.1. The van der Waals surface area contributed by atoms with Gasteiger partial charge < -0.3 is 10.6 Å². The van der Waals surface area contributed by atoms with Gasteiger partial charge in [0.2, 0.25) is 0 Å². The number of aromatic nitrogens is 1. The van der Waals surface area contributed by atoms with E-state index in [0.717, 1.165) is 46.9 Å². The van der Waals surface area contributed by atoms with Gasteiger partial charge in [-0.2, -0.15) is 0 Å². The first kappa shape index (κ1) is 22.3. The van der Waals surface area contributed by atoms with Crippen molar-refractivity contribution in [2.75, 3.05) is 13.1 Å². The largest absolute Gasteiger partial charge is 0.357 e. The molecular formula is C17H23BrFIN4S. The van der Waals surface area contributed by atoms with Crippen LogP contribution < -0.4 is 10.6 Å². The van der Waals surface area contributed by atoms with Crippen molar-refractivity contribution >= 4 is 57.2 Å². The second-order valence-electron chi connectivity index (χ2n) is 5.18. The van der Waals surface area contributed by atoms with Crippen molar-refractivity contribution < 1.29 is 4.39 Å². The minimum atomic E-state index is -0.253. The van der Waals surface area contributed by atoms with E-state index in [0.29, 0.717) is 6.54 Å². The molecule has 2 aromatic rings. The Bertz CT molecular complexity index is 693. The van der Waals surface area contributed by atoms with Crippen molar-refractivity contribution in [1.29, 1.82) is 0 Å². The number of hydrogen-bond acceptors (Lipinski definition) is 3. The van der Waals surface area contributed by atoms with Crippen LogP contribution in [0.25, 0.3) is 0 Å². The lowest BCUT2D eigenvalue weighted by Gasteiger charge is -2.11. The van der Waals surface area contributed by atoms with Crippen LogP contribution in [0.1, 0.15) is 29.3 Å². The van der Waals surface area contributed by atoms with Gasteiger partial charge in [-0.3, -0.25) is 0 Å². The minimum Gasteiger partial charge on any atom is -0.357 e. The monoisotopic (exact) mass is 540 g/mol. The summed E-state index contributed by atoms with van der Waals surface area (Å²) in [5.74, 6) is 0.470. The van der Waals surface area contributed by atoms with Crippen molar-refractivity contribution in [3.63, 3.8) is 0 Å². The predicted octanol–water partition coefficient (Wildman–Crippen LogP) is 4.52. The third kappa shape index (κ3) is 7.57. The van der Waals surface area contributed by atoms with E-state index in [1.807, 2.05) is 13.1 Å². The van der Waals surface area contributed by atoms with E-state index < -0.39 is 0 Å². The van der Waals surface area contributed by atoms with Crippen LogP contribution in [0.4, 0.5) is 4.39 Å². The Morgan fingerprint density at radius 3 is 2.80 bits per heavy atom. The summed E-state index contributed by atoms with van der Waals surface area (Å²) in [7, 11) is 0. The molecule has 138 valence electrons. The van der Waals surface area contributed by atoms with E-state index in [1.54, 1.807) is 17.4 Å². The molecule has 1 heterocycles. The van der Waals surface area contributed by atoms with Gasteiger partial charge in [0, 0.05) is 35.1 Å². The molecule has 0 spiro atoms.